The first-order chi connectivity index (χ1) is 8.71. The molecular formula is C14H21N3O. The molecule has 0 radical (unpaired) electrons. The number of carbonyl (C=O) groups excluding carboxylic acids is 1. The van der Waals surface area contributed by atoms with Crippen molar-refractivity contribution in [1.29, 1.82) is 0 Å². The minimum absolute atomic E-state index is 0.0702. The van der Waals surface area contributed by atoms with Crippen molar-refractivity contribution in [1.82, 2.24) is 10.7 Å². The second kappa shape index (κ2) is 5.40. The van der Waals surface area contributed by atoms with E-state index in [0.29, 0.717) is 0 Å². The van der Waals surface area contributed by atoms with Gasteiger partial charge in [0.1, 0.15) is 5.66 Å². The first-order valence-electron chi connectivity index (χ1n) is 6.66. The van der Waals surface area contributed by atoms with Crippen LogP contribution in [-0.4, -0.2) is 11.7 Å². The van der Waals surface area contributed by atoms with Crippen LogP contribution in [0.5, 0.6) is 0 Å². The van der Waals surface area contributed by atoms with Crippen molar-refractivity contribution in [2.45, 2.75) is 45.2 Å². The number of hydrazine groups is 1. The van der Waals surface area contributed by atoms with Crippen LogP contribution in [0.15, 0.2) is 30.3 Å². The molecule has 0 aliphatic carbocycles. The summed E-state index contributed by atoms with van der Waals surface area (Å²) < 4.78 is 0. The number of unbranched alkanes of at least 4 members (excludes halogenated alkanes) is 1. The number of carbonyl (C=O) groups is 1. The van der Waals surface area contributed by atoms with Gasteiger partial charge in [0, 0.05) is 0 Å². The molecule has 1 aliphatic heterocycles. The lowest BCUT2D eigenvalue weighted by atomic mass is 10.0. The van der Waals surface area contributed by atoms with E-state index in [1.165, 1.54) is 0 Å². The van der Waals surface area contributed by atoms with Crippen LogP contribution in [0.2, 0.25) is 0 Å². The third kappa shape index (κ3) is 2.48. The van der Waals surface area contributed by atoms with Crippen LogP contribution in [0, 0.1) is 0 Å². The fraction of sp³-hybridized carbons (Fsp3) is 0.500. The molecule has 1 fully saturated rings. The van der Waals surface area contributed by atoms with Crippen LogP contribution in [0.4, 0.5) is 10.5 Å². The van der Waals surface area contributed by atoms with Crippen LogP contribution in [0.3, 0.4) is 0 Å². The van der Waals surface area contributed by atoms with Gasteiger partial charge in [-0.3, -0.25) is 0 Å². The van der Waals surface area contributed by atoms with Gasteiger partial charge in [-0.15, -0.1) is 0 Å². The summed E-state index contributed by atoms with van der Waals surface area (Å²) in [6, 6.07) is 9.60. The Morgan fingerprint density at radius 2 is 1.94 bits per heavy atom. The van der Waals surface area contributed by atoms with Gasteiger partial charge in [0.15, 0.2) is 0 Å². The molecule has 2 N–H and O–H groups in total. The Morgan fingerprint density at radius 3 is 2.56 bits per heavy atom. The molecule has 2 rings (SSSR count). The van der Waals surface area contributed by atoms with Crippen LogP contribution >= 0.6 is 0 Å². The van der Waals surface area contributed by atoms with E-state index in [0.717, 1.165) is 31.4 Å². The van der Waals surface area contributed by atoms with E-state index in [4.69, 9.17) is 0 Å². The van der Waals surface area contributed by atoms with Crippen molar-refractivity contribution in [3.05, 3.63) is 30.3 Å². The summed E-state index contributed by atoms with van der Waals surface area (Å²) in [4.78, 5) is 12.1. The SMILES string of the molecule is CCCC[C@]1(CC)NC(=O)N(c2ccccc2)N1. The number of anilines is 1. The van der Waals surface area contributed by atoms with Gasteiger partial charge in [0.25, 0.3) is 0 Å². The molecule has 0 bridgehead atoms. The van der Waals surface area contributed by atoms with Crippen molar-refractivity contribution >= 4 is 11.7 Å². The molecule has 4 nitrogen and oxygen atoms in total. The highest BCUT2D eigenvalue weighted by Gasteiger charge is 2.40. The molecule has 1 saturated heterocycles. The van der Waals surface area contributed by atoms with Crippen LogP contribution in [0.1, 0.15) is 39.5 Å². The maximum atomic E-state index is 12.1. The van der Waals surface area contributed by atoms with Crippen molar-refractivity contribution in [2.75, 3.05) is 5.01 Å². The molecule has 1 aromatic rings. The molecule has 4 heteroatoms. The summed E-state index contributed by atoms with van der Waals surface area (Å²) in [6.07, 6.45) is 4.06. The van der Waals surface area contributed by atoms with Gasteiger partial charge in [-0.1, -0.05) is 38.5 Å². The molecule has 98 valence electrons. The topological polar surface area (TPSA) is 44.4 Å². The number of nitrogens with zero attached hydrogens (tertiary/aromatic N) is 1. The minimum Gasteiger partial charge on any atom is -0.317 e. The van der Waals surface area contributed by atoms with Gasteiger partial charge in [-0.2, -0.15) is 0 Å². The van der Waals surface area contributed by atoms with Crippen LogP contribution in [0.25, 0.3) is 0 Å². The van der Waals surface area contributed by atoms with Gasteiger partial charge < -0.3 is 5.32 Å². The van der Waals surface area contributed by atoms with E-state index in [9.17, 15) is 4.79 Å². The van der Waals surface area contributed by atoms with Crippen molar-refractivity contribution in [3.63, 3.8) is 0 Å². The summed E-state index contributed by atoms with van der Waals surface area (Å²) in [5.74, 6) is 0. The highest BCUT2D eigenvalue weighted by Crippen LogP contribution is 2.24. The standard InChI is InChI=1S/C14H21N3O/c1-3-5-11-14(4-2)15-13(18)17(16-14)12-9-7-6-8-10-12/h6-10,16H,3-5,11H2,1-2H3,(H,15,18)/t14-/m1/s1. The molecule has 0 spiro atoms. The smallest absolute Gasteiger partial charge is 0.317 e. The maximum Gasteiger partial charge on any atom is 0.338 e. The number of hydrogen-bond acceptors (Lipinski definition) is 2. The summed E-state index contributed by atoms with van der Waals surface area (Å²) >= 11 is 0. The van der Waals surface area contributed by atoms with Gasteiger partial charge in [0.2, 0.25) is 0 Å². The first kappa shape index (κ1) is 12.9. The molecule has 0 saturated carbocycles. The zero-order valence-corrected chi connectivity index (χ0v) is 11.1. The average Bonchev–Trinajstić information content (AvgIpc) is 2.75. The number of urea groups is 1. The Morgan fingerprint density at radius 1 is 1.22 bits per heavy atom. The van der Waals surface area contributed by atoms with Gasteiger partial charge in [0.05, 0.1) is 5.69 Å². The van der Waals surface area contributed by atoms with E-state index in [2.05, 4.69) is 24.6 Å². The summed E-state index contributed by atoms with van der Waals surface area (Å²) in [5.41, 5.74) is 3.92. The number of nitrogens with one attached hydrogen (secondary N) is 2. The second-order valence-electron chi connectivity index (χ2n) is 4.75. The molecule has 1 atom stereocenters. The third-order valence-corrected chi connectivity index (χ3v) is 3.45. The Labute approximate surface area is 108 Å². The predicted octanol–water partition coefficient (Wildman–Crippen LogP) is 3.02. The zero-order valence-electron chi connectivity index (χ0n) is 11.1. The van der Waals surface area contributed by atoms with E-state index in [1.807, 2.05) is 30.3 Å². The third-order valence-electron chi connectivity index (χ3n) is 3.45. The largest absolute Gasteiger partial charge is 0.338 e. The fourth-order valence-electron chi connectivity index (χ4n) is 2.25. The quantitative estimate of drug-likeness (QED) is 0.840. The normalized spacial score (nSPS) is 23.2. The molecule has 2 amide bonds. The highest BCUT2D eigenvalue weighted by atomic mass is 16.2. The summed E-state index contributed by atoms with van der Waals surface area (Å²) in [7, 11) is 0. The second-order valence-corrected chi connectivity index (χ2v) is 4.75. The van der Waals surface area contributed by atoms with E-state index < -0.39 is 0 Å². The number of amides is 2. The average molecular weight is 247 g/mol. The predicted molar refractivity (Wildman–Crippen MR) is 73.1 cm³/mol. The van der Waals surface area contributed by atoms with Crippen molar-refractivity contribution in [3.8, 4) is 0 Å². The molecule has 0 aromatic heterocycles. The van der Waals surface area contributed by atoms with E-state index >= 15 is 0 Å². The summed E-state index contributed by atoms with van der Waals surface area (Å²) in [6.45, 7) is 4.26. The van der Waals surface area contributed by atoms with E-state index in [-0.39, 0.29) is 11.7 Å². The Balaban J connectivity index is 2.14. The van der Waals surface area contributed by atoms with E-state index in [1.54, 1.807) is 5.01 Å². The minimum atomic E-state index is -0.289. The molecule has 1 aromatic carbocycles. The lowest BCUT2D eigenvalue weighted by molar-refractivity contribution is 0.241. The molecule has 1 heterocycles. The molecule has 1 aliphatic rings. The highest BCUT2D eigenvalue weighted by molar-refractivity contribution is 5.93. The lowest BCUT2D eigenvalue weighted by Gasteiger charge is -2.28. The number of benzene rings is 1. The molecule has 0 unspecified atom stereocenters. The Kier molecular flexibility index (Phi) is 3.87. The van der Waals surface area contributed by atoms with Crippen molar-refractivity contribution in [2.24, 2.45) is 0 Å². The lowest BCUT2D eigenvalue weighted by Crippen LogP contribution is -2.50. The number of hydrogen-bond donors (Lipinski definition) is 2. The Bertz CT molecular complexity index is 407. The zero-order chi connectivity index (χ0) is 13.0. The number of rotatable bonds is 5. The van der Waals surface area contributed by atoms with Gasteiger partial charge in [-0.25, -0.2) is 15.2 Å². The maximum absolute atomic E-state index is 12.1. The Hall–Kier alpha value is -1.55. The van der Waals surface area contributed by atoms with Gasteiger partial charge >= 0.3 is 6.03 Å². The van der Waals surface area contributed by atoms with Crippen molar-refractivity contribution < 1.29 is 4.79 Å². The van der Waals surface area contributed by atoms with Gasteiger partial charge in [-0.05, 0) is 31.4 Å². The van der Waals surface area contributed by atoms with Crippen LogP contribution < -0.4 is 15.8 Å². The fourth-order valence-corrected chi connectivity index (χ4v) is 2.25. The molecular weight excluding hydrogens is 226 g/mol. The monoisotopic (exact) mass is 247 g/mol. The molecule has 18 heavy (non-hydrogen) atoms. The van der Waals surface area contributed by atoms with Crippen LogP contribution in [-0.2, 0) is 0 Å². The first-order valence-corrected chi connectivity index (χ1v) is 6.66. The summed E-state index contributed by atoms with van der Waals surface area (Å²) in [5, 5.41) is 4.69. The number of para-hydroxylation sites is 1.